The van der Waals surface area contributed by atoms with Gasteiger partial charge >= 0.3 is 0 Å². The maximum Gasteiger partial charge on any atom is 0.0949 e. The molecule has 1 aliphatic rings. The predicted molar refractivity (Wildman–Crippen MR) is 54.2 cm³/mol. The van der Waals surface area contributed by atoms with Crippen molar-refractivity contribution in [2.24, 2.45) is 11.3 Å². The minimum Gasteiger partial charge on any atom is -0.288 e. The molecule has 0 radical (unpaired) electrons. The predicted octanol–water partition coefficient (Wildman–Crippen LogP) is 2.27. The SMILES string of the molecule is CC(C#N)N1CCC(C)C(C)(C)C1. The molecule has 74 valence electrons. The molecule has 0 aromatic heterocycles. The van der Waals surface area contributed by atoms with Gasteiger partial charge in [0.15, 0.2) is 0 Å². The molecule has 0 N–H and O–H groups in total. The van der Waals surface area contributed by atoms with E-state index >= 15 is 0 Å². The number of likely N-dealkylation sites (tertiary alicyclic amines) is 1. The highest BCUT2D eigenvalue weighted by atomic mass is 15.2. The molecule has 2 atom stereocenters. The zero-order valence-corrected chi connectivity index (χ0v) is 9.17. The lowest BCUT2D eigenvalue weighted by Gasteiger charge is -2.43. The normalized spacial score (nSPS) is 30.8. The van der Waals surface area contributed by atoms with Crippen LogP contribution in [0.25, 0.3) is 0 Å². The third kappa shape index (κ3) is 2.22. The molecular formula is C11H20N2. The van der Waals surface area contributed by atoms with Crippen LogP contribution in [0.5, 0.6) is 0 Å². The molecule has 0 aromatic rings. The van der Waals surface area contributed by atoms with Crippen LogP contribution < -0.4 is 0 Å². The molecule has 2 nitrogen and oxygen atoms in total. The highest BCUT2D eigenvalue weighted by Gasteiger charge is 2.34. The van der Waals surface area contributed by atoms with Gasteiger partial charge < -0.3 is 0 Å². The maximum absolute atomic E-state index is 8.83. The number of piperidine rings is 1. The fraction of sp³-hybridized carbons (Fsp3) is 0.909. The molecule has 0 aliphatic carbocycles. The zero-order chi connectivity index (χ0) is 10.1. The van der Waals surface area contributed by atoms with E-state index in [1.807, 2.05) is 6.92 Å². The van der Waals surface area contributed by atoms with Gasteiger partial charge in [-0.1, -0.05) is 20.8 Å². The van der Waals surface area contributed by atoms with Crippen LogP contribution in [0.4, 0.5) is 0 Å². The molecule has 0 aromatic carbocycles. The Bertz CT molecular complexity index is 215. The van der Waals surface area contributed by atoms with Gasteiger partial charge in [0, 0.05) is 6.54 Å². The summed E-state index contributed by atoms with van der Waals surface area (Å²) in [6, 6.07) is 2.39. The third-order valence-electron chi connectivity index (χ3n) is 3.53. The van der Waals surface area contributed by atoms with Crippen molar-refractivity contribution in [1.29, 1.82) is 5.26 Å². The van der Waals surface area contributed by atoms with Crippen molar-refractivity contribution < 1.29 is 0 Å². The molecule has 1 heterocycles. The Morgan fingerprint density at radius 1 is 1.54 bits per heavy atom. The Kier molecular flexibility index (Phi) is 2.98. The van der Waals surface area contributed by atoms with Gasteiger partial charge in [-0.05, 0) is 31.2 Å². The van der Waals surface area contributed by atoms with Crippen LogP contribution >= 0.6 is 0 Å². The number of nitriles is 1. The van der Waals surface area contributed by atoms with E-state index in [1.54, 1.807) is 0 Å². The molecule has 0 saturated carbocycles. The lowest BCUT2D eigenvalue weighted by atomic mass is 9.75. The minimum atomic E-state index is 0.0757. The first-order valence-corrected chi connectivity index (χ1v) is 5.11. The fourth-order valence-corrected chi connectivity index (χ4v) is 1.92. The van der Waals surface area contributed by atoms with Crippen molar-refractivity contribution >= 4 is 0 Å². The van der Waals surface area contributed by atoms with Crippen LogP contribution in [-0.2, 0) is 0 Å². The second-order valence-electron chi connectivity index (χ2n) is 4.95. The van der Waals surface area contributed by atoms with Gasteiger partial charge in [-0.25, -0.2) is 0 Å². The summed E-state index contributed by atoms with van der Waals surface area (Å²) < 4.78 is 0. The lowest BCUT2D eigenvalue weighted by molar-refractivity contribution is 0.0538. The minimum absolute atomic E-state index is 0.0757. The van der Waals surface area contributed by atoms with Crippen molar-refractivity contribution in [2.45, 2.75) is 40.2 Å². The second-order valence-corrected chi connectivity index (χ2v) is 4.95. The first-order chi connectivity index (χ1) is 5.97. The lowest BCUT2D eigenvalue weighted by Crippen LogP contribution is -2.47. The Hall–Kier alpha value is -0.550. The van der Waals surface area contributed by atoms with Gasteiger partial charge in [0.05, 0.1) is 12.1 Å². The van der Waals surface area contributed by atoms with Crippen molar-refractivity contribution in [1.82, 2.24) is 4.90 Å². The summed E-state index contributed by atoms with van der Waals surface area (Å²) in [5.41, 5.74) is 0.364. The number of nitrogens with zero attached hydrogens (tertiary/aromatic N) is 2. The number of hydrogen-bond donors (Lipinski definition) is 0. The Labute approximate surface area is 81.5 Å². The molecule has 1 aliphatic heterocycles. The van der Waals surface area contributed by atoms with E-state index in [1.165, 1.54) is 6.42 Å². The van der Waals surface area contributed by atoms with Crippen LogP contribution in [0.15, 0.2) is 0 Å². The summed E-state index contributed by atoms with van der Waals surface area (Å²) in [4.78, 5) is 2.29. The molecule has 2 heteroatoms. The molecule has 0 amide bonds. The van der Waals surface area contributed by atoms with Gasteiger partial charge in [0.2, 0.25) is 0 Å². The maximum atomic E-state index is 8.83. The van der Waals surface area contributed by atoms with E-state index in [0.29, 0.717) is 5.41 Å². The average molecular weight is 180 g/mol. The van der Waals surface area contributed by atoms with Gasteiger partial charge in [0.25, 0.3) is 0 Å². The Morgan fingerprint density at radius 3 is 2.62 bits per heavy atom. The van der Waals surface area contributed by atoms with Crippen LogP contribution in [0.2, 0.25) is 0 Å². The largest absolute Gasteiger partial charge is 0.288 e. The number of rotatable bonds is 1. The quantitative estimate of drug-likeness (QED) is 0.619. The fourth-order valence-electron chi connectivity index (χ4n) is 1.92. The summed E-state index contributed by atoms with van der Waals surface area (Å²) in [6.45, 7) is 11.0. The molecule has 1 fully saturated rings. The smallest absolute Gasteiger partial charge is 0.0949 e. The van der Waals surface area contributed by atoms with E-state index in [4.69, 9.17) is 5.26 Å². The van der Waals surface area contributed by atoms with Crippen LogP contribution in [0.3, 0.4) is 0 Å². The number of hydrogen-bond acceptors (Lipinski definition) is 2. The molecular weight excluding hydrogens is 160 g/mol. The monoisotopic (exact) mass is 180 g/mol. The first-order valence-electron chi connectivity index (χ1n) is 5.11. The van der Waals surface area contributed by atoms with Gasteiger partial charge in [-0.2, -0.15) is 5.26 Å². The van der Waals surface area contributed by atoms with Gasteiger partial charge in [0.1, 0.15) is 0 Å². The van der Waals surface area contributed by atoms with E-state index < -0.39 is 0 Å². The highest BCUT2D eigenvalue weighted by Crippen LogP contribution is 2.34. The van der Waals surface area contributed by atoms with Crippen molar-refractivity contribution in [3.05, 3.63) is 0 Å². The van der Waals surface area contributed by atoms with Crippen LogP contribution in [0, 0.1) is 22.7 Å². The molecule has 1 saturated heterocycles. The van der Waals surface area contributed by atoms with E-state index in [0.717, 1.165) is 19.0 Å². The molecule has 0 spiro atoms. The molecule has 2 unspecified atom stereocenters. The summed E-state index contributed by atoms with van der Waals surface area (Å²) in [5, 5.41) is 8.83. The Balaban J connectivity index is 2.62. The second kappa shape index (κ2) is 3.67. The summed E-state index contributed by atoms with van der Waals surface area (Å²) in [7, 11) is 0. The van der Waals surface area contributed by atoms with Crippen molar-refractivity contribution in [3.8, 4) is 6.07 Å². The van der Waals surface area contributed by atoms with Crippen molar-refractivity contribution in [2.75, 3.05) is 13.1 Å². The first kappa shape index (κ1) is 10.5. The highest BCUT2D eigenvalue weighted by molar-refractivity contribution is 4.94. The summed E-state index contributed by atoms with van der Waals surface area (Å²) in [6.07, 6.45) is 1.22. The van der Waals surface area contributed by atoms with E-state index in [9.17, 15) is 0 Å². The standard InChI is InChI=1S/C11H20N2/c1-9-5-6-13(10(2)7-12)8-11(9,3)4/h9-10H,5-6,8H2,1-4H3. The molecule has 1 rings (SSSR count). The summed E-state index contributed by atoms with van der Waals surface area (Å²) in [5.74, 6) is 0.773. The summed E-state index contributed by atoms with van der Waals surface area (Å²) >= 11 is 0. The molecule has 0 bridgehead atoms. The third-order valence-corrected chi connectivity index (χ3v) is 3.53. The van der Waals surface area contributed by atoms with E-state index in [-0.39, 0.29) is 6.04 Å². The topological polar surface area (TPSA) is 27.0 Å². The van der Waals surface area contributed by atoms with Gasteiger partial charge in [-0.15, -0.1) is 0 Å². The van der Waals surface area contributed by atoms with Crippen molar-refractivity contribution in [3.63, 3.8) is 0 Å². The average Bonchev–Trinajstić information content (AvgIpc) is 2.08. The van der Waals surface area contributed by atoms with Gasteiger partial charge in [-0.3, -0.25) is 4.90 Å². The van der Waals surface area contributed by atoms with Crippen LogP contribution in [-0.4, -0.2) is 24.0 Å². The molecule has 13 heavy (non-hydrogen) atoms. The van der Waals surface area contributed by atoms with Crippen LogP contribution in [0.1, 0.15) is 34.1 Å². The zero-order valence-electron chi connectivity index (χ0n) is 9.17. The van der Waals surface area contributed by atoms with E-state index in [2.05, 4.69) is 31.7 Å². The Morgan fingerprint density at radius 2 is 2.15 bits per heavy atom.